The molecule has 1 aromatic heterocycles. The standard InChI is InChI=1S/C37H47N5O3S/c1-26-11-15-31(16-12-26)42-34(25-33(40-42)37(5,6)7)39-35(43)38-30-10-8-9-28(24-30)23-27-19-21-41(22-20-27)46(44,45)32-17-13-29(14-18-32)36(2,3)4/h8-18,24-25,27H,19-23H2,1-7H3,(H2,38,39,43). The Hall–Kier alpha value is -3.95. The predicted molar refractivity (Wildman–Crippen MR) is 186 cm³/mol. The van der Waals surface area contributed by atoms with E-state index in [0.29, 0.717) is 35.4 Å². The molecule has 1 aliphatic heterocycles. The van der Waals surface area contributed by atoms with Gasteiger partial charge in [0, 0.05) is 30.3 Å². The third-order valence-electron chi connectivity index (χ3n) is 8.64. The van der Waals surface area contributed by atoms with Crippen molar-refractivity contribution < 1.29 is 13.2 Å². The van der Waals surface area contributed by atoms with Crippen molar-refractivity contribution in [1.29, 1.82) is 0 Å². The first kappa shape index (κ1) is 33.4. The average Bonchev–Trinajstić information content (AvgIpc) is 3.42. The molecule has 0 bridgehead atoms. The van der Waals surface area contributed by atoms with Gasteiger partial charge in [0.05, 0.1) is 16.3 Å². The van der Waals surface area contributed by atoms with Crippen LogP contribution >= 0.6 is 0 Å². The van der Waals surface area contributed by atoms with Crippen LogP contribution in [0.3, 0.4) is 0 Å². The Morgan fingerprint density at radius 2 is 1.50 bits per heavy atom. The van der Waals surface area contributed by atoms with Gasteiger partial charge in [0.1, 0.15) is 5.82 Å². The van der Waals surface area contributed by atoms with Crippen LogP contribution in [-0.2, 0) is 27.3 Å². The minimum absolute atomic E-state index is 0.0290. The second kappa shape index (κ2) is 13.0. The van der Waals surface area contributed by atoms with E-state index in [-0.39, 0.29) is 16.9 Å². The number of rotatable bonds is 7. The van der Waals surface area contributed by atoms with Crippen molar-refractivity contribution in [2.24, 2.45) is 5.92 Å². The molecule has 0 radical (unpaired) electrons. The van der Waals surface area contributed by atoms with Gasteiger partial charge in [0.2, 0.25) is 10.0 Å². The molecule has 0 aliphatic carbocycles. The first-order valence-corrected chi connectivity index (χ1v) is 17.5. The molecule has 1 saturated heterocycles. The molecular formula is C37H47N5O3S. The largest absolute Gasteiger partial charge is 0.324 e. The third-order valence-corrected chi connectivity index (χ3v) is 10.6. The molecular weight excluding hydrogens is 595 g/mol. The summed E-state index contributed by atoms with van der Waals surface area (Å²) in [7, 11) is -3.52. The van der Waals surface area contributed by atoms with Gasteiger partial charge in [-0.25, -0.2) is 17.9 Å². The van der Waals surface area contributed by atoms with Gasteiger partial charge < -0.3 is 5.32 Å². The fourth-order valence-corrected chi connectivity index (χ4v) is 7.21. The zero-order chi connectivity index (χ0) is 33.3. The Kier molecular flexibility index (Phi) is 9.47. The van der Waals surface area contributed by atoms with Crippen molar-refractivity contribution in [2.45, 2.75) is 83.5 Å². The lowest BCUT2D eigenvalue weighted by atomic mass is 9.87. The number of nitrogens with one attached hydrogen (secondary N) is 2. The summed E-state index contributed by atoms with van der Waals surface area (Å²) in [5.74, 6) is 0.952. The summed E-state index contributed by atoms with van der Waals surface area (Å²) in [5.41, 5.74) is 5.61. The maximum atomic E-state index is 13.3. The van der Waals surface area contributed by atoms with E-state index in [9.17, 15) is 13.2 Å². The quantitative estimate of drug-likeness (QED) is 0.213. The monoisotopic (exact) mass is 641 g/mol. The van der Waals surface area contributed by atoms with E-state index in [4.69, 9.17) is 5.10 Å². The summed E-state index contributed by atoms with van der Waals surface area (Å²) in [4.78, 5) is 13.5. The molecule has 5 rings (SSSR count). The van der Waals surface area contributed by atoms with E-state index in [1.165, 1.54) is 0 Å². The van der Waals surface area contributed by atoms with Crippen LogP contribution in [0.4, 0.5) is 16.3 Å². The molecule has 46 heavy (non-hydrogen) atoms. The number of anilines is 2. The third kappa shape index (κ3) is 7.88. The maximum absolute atomic E-state index is 13.3. The Morgan fingerprint density at radius 3 is 2.11 bits per heavy atom. The van der Waals surface area contributed by atoms with E-state index in [2.05, 4.69) is 58.2 Å². The van der Waals surface area contributed by atoms with Crippen LogP contribution in [0.1, 0.15) is 76.8 Å². The molecule has 2 heterocycles. The van der Waals surface area contributed by atoms with Gasteiger partial charge in [-0.05, 0) is 85.0 Å². The fraction of sp³-hybridized carbons (Fsp3) is 0.405. The average molecular weight is 642 g/mol. The normalized spacial score (nSPS) is 15.1. The number of piperidine rings is 1. The molecule has 1 aliphatic rings. The van der Waals surface area contributed by atoms with Crippen LogP contribution in [0.15, 0.2) is 83.8 Å². The fourth-order valence-electron chi connectivity index (χ4n) is 5.74. The van der Waals surface area contributed by atoms with E-state index >= 15 is 0 Å². The molecule has 1 fully saturated rings. The molecule has 3 aromatic carbocycles. The molecule has 8 nitrogen and oxygen atoms in total. The number of carbonyl (C=O) groups excluding carboxylic acids is 1. The first-order valence-electron chi connectivity index (χ1n) is 16.0. The van der Waals surface area contributed by atoms with Crippen molar-refractivity contribution in [2.75, 3.05) is 23.7 Å². The molecule has 0 atom stereocenters. The molecule has 2 N–H and O–H groups in total. The molecule has 0 unspecified atom stereocenters. The lowest BCUT2D eigenvalue weighted by Crippen LogP contribution is -2.38. The Labute approximate surface area is 274 Å². The number of hydrogen-bond donors (Lipinski definition) is 2. The summed E-state index contributed by atoms with van der Waals surface area (Å²) < 4.78 is 30.0. The van der Waals surface area contributed by atoms with Crippen LogP contribution in [0, 0.1) is 12.8 Å². The lowest BCUT2D eigenvalue weighted by molar-refractivity contribution is 0.262. The number of amides is 2. The van der Waals surface area contributed by atoms with Gasteiger partial charge in [0.25, 0.3) is 0 Å². The topological polar surface area (TPSA) is 96.3 Å². The van der Waals surface area contributed by atoms with Crippen LogP contribution in [0.25, 0.3) is 5.69 Å². The number of hydrogen-bond acceptors (Lipinski definition) is 4. The Morgan fingerprint density at radius 1 is 0.848 bits per heavy atom. The SMILES string of the molecule is Cc1ccc(-n2nc(C(C)(C)C)cc2NC(=O)Nc2cccc(CC3CCN(S(=O)(=O)c4ccc(C(C)(C)C)cc4)CC3)c2)cc1. The van der Waals surface area contributed by atoms with Crippen molar-refractivity contribution >= 4 is 27.6 Å². The summed E-state index contributed by atoms with van der Waals surface area (Å²) in [6.07, 6.45) is 2.40. The van der Waals surface area contributed by atoms with E-state index in [0.717, 1.165) is 47.3 Å². The van der Waals surface area contributed by atoms with Crippen molar-refractivity contribution in [3.05, 3.63) is 101 Å². The van der Waals surface area contributed by atoms with Crippen LogP contribution in [0.5, 0.6) is 0 Å². The lowest BCUT2D eigenvalue weighted by Gasteiger charge is -2.31. The van der Waals surface area contributed by atoms with Gasteiger partial charge in [-0.3, -0.25) is 5.32 Å². The highest BCUT2D eigenvalue weighted by atomic mass is 32.2. The van der Waals surface area contributed by atoms with E-state index in [1.54, 1.807) is 21.1 Å². The van der Waals surface area contributed by atoms with Gasteiger partial charge in [-0.1, -0.05) is 83.5 Å². The molecule has 2 amide bonds. The molecule has 0 saturated carbocycles. The molecule has 244 valence electrons. The smallest absolute Gasteiger partial charge is 0.308 e. The van der Waals surface area contributed by atoms with Crippen LogP contribution in [-0.4, -0.2) is 41.6 Å². The minimum atomic E-state index is -3.52. The first-order chi connectivity index (χ1) is 21.6. The number of aryl methyl sites for hydroxylation is 1. The highest BCUT2D eigenvalue weighted by molar-refractivity contribution is 7.89. The number of sulfonamides is 1. The van der Waals surface area contributed by atoms with Gasteiger partial charge in [-0.2, -0.15) is 9.40 Å². The molecule has 9 heteroatoms. The van der Waals surface area contributed by atoms with Crippen molar-refractivity contribution in [3.8, 4) is 5.69 Å². The van der Waals surface area contributed by atoms with Gasteiger partial charge in [-0.15, -0.1) is 0 Å². The Balaban J connectivity index is 1.20. The van der Waals surface area contributed by atoms with E-state index < -0.39 is 10.0 Å². The Bertz CT molecular complexity index is 1770. The van der Waals surface area contributed by atoms with Crippen LogP contribution < -0.4 is 10.6 Å². The number of nitrogens with zero attached hydrogens (tertiary/aromatic N) is 3. The second-order valence-corrected chi connectivity index (χ2v) is 16.5. The zero-order valence-corrected chi connectivity index (χ0v) is 28.9. The number of benzene rings is 3. The molecule has 4 aromatic rings. The zero-order valence-electron chi connectivity index (χ0n) is 28.1. The summed E-state index contributed by atoms with van der Waals surface area (Å²) in [6.45, 7) is 15.7. The number of aromatic nitrogens is 2. The summed E-state index contributed by atoms with van der Waals surface area (Å²) in [6, 6.07) is 24.8. The number of urea groups is 1. The molecule has 0 spiro atoms. The van der Waals surface area contributed by atoms with Gasteiger partial charge in [0.15, 0.2) is 0 Å². The summed E-state index contributed by atoms with van der Waals surface area (Å²) >= 11 is 0. The maximum Gasteiger partial charge on any atom is 0.324 e. The second-order valence-electron chi connectivity index (χ2n) is 14.5. The van der Waals surface area contributed by atoms with E-state index in [1.807, 2.05) is 67.6 Å². The highest BCUT2D eigenvalue weighted by Crippen LogP contribution is 2.30. The van der Waals surface area contributed by atoms with Crippen molar-refractivity contribution in [3.63, 3.8) is 0 Å². The number of carbonyl (C=O) groups is 1. The minimum Gasteiger partial charge on any atom is -0.308 e. The van der Waals surface area contributed by atoms with Crippen LogP contribution in [0.2, 0.25) is 0 Å². The van der Waals surface area contributed by atoms with Gasteiger partial charge >= 0.3 is 6.03 Å². The van der Waals surface area contributed by atoms with Crippen molar-refractivity contribution in [1.82, 2.24) is 14.1 Å². The predicted octanol–water partition coefficient (Wildman–Crippen LogP) is 8.06. The summed E-state index contributed by atoms with van der Waals surface area (Å²) in [5, 5.41) is 10.8. The highest BCUT2D eigenvalue weighted by Gasteiger charge is 2.30.